The van der Waals surface area contributed by atoms with Crippen LogP contribution in [-0.4, -0.2) is 65.9 Å². The molecule has 0 unspecified atom stereocenters. The lowest BCUT2D eigenvalue weighted by Gasteiger charge is -2.36. The molecule has 0 radical (unpaired) electrons. The van der Waals surface area contributed by atoms with Crippen LogP contribution in [0.15, 0.2) is 23.5 Å². The third-order valence-electron chi connectivity index (χ3n) is 8.29. The number of amides is 1. The lowest BCUT2D eigenvalue weighted by molar-refractivity contribution is -0.143. The van der Waals surface area contributed by atoms with Gasteiger partial charge in [-0.05, 0) is 67.9 Å². The highest BCUT2D eigenvalue weighted by molar-refractivity contribution is 7.19. The number of carbonyl (C=O) groups excluding carboxylic acids is 1. The number of carbonyl (C=O) groups is 1. The highest BCUT2D eigenvalue weighted by Crippen LogP contribution is 2.42. The number of fused-ring (bicyclic) bond motifs is 4. The second-order valence-corrected chi connectivity index (χ2v) is 11.7. The molecule has 1 aromatic carbocycles. The molecule has 2 saturated heterocycles. The maximum atomic E-state index is 13.4. The molecule has 37 heavy (non-hydrogen) atoms. The van der Waals surface area contributed by atoms with Gasteiger partial charge in [-0.1, -0.05) is 0 Å². The molecule has 4 aliphatic rings. The van der Waals surface area contributed by atoms with Crippen molar-refractivity contribution in [2.45, 2.75) is 51.6 Å². The second-order valence-electron chi connectivity index (χ2n) is 10.7. The first-order valence-electron chi connectivity index (χ1n) is 13.5. The van der Waals surface area contributed by atoms with Gasteiger partial charge in [-0.25, -0.2) is 9.97 Å². The number of benzene rings is 1. The average Bonchev–Trinajstić information content (AvgIpc) is 3.67. The van der Waals surface area contributed by atoms with Crippen molar-refractivity contribution in [1.82, 2.24) is 14.9 Å². The zero-order valence-corrected chi connectivity index (χ0v) is 22.0. The van der Waals surface area contributed by atoms with E-state index in [9.17, 15) is 4.79 Å². The van der Waals surface area contributed by atoms with Crippen molar-refractivity contribution in [3.05, 3.63) is 40.0 Å². The summed E-state index contributed by atoms with van der Waals surface area (Å²) >= 11 is 1.72. The molecule has 1 aliphatic carbocycles. The van der Waals surface area contributed by atoms with Crippen molar-refractivity contribution < 1.29 is 9.53 Å². The third-order valence-corrected chi connectivity index (χ3v) is 9.46. The van der Waals surface area contributed by atoms with Crippen LogP contribution < -0.4 is 10.2 Å². The van der Waals surface area contributed by atoms with E-state index in [1.54, 1.807) is 17.7 Å². The molecule has 7 rings (SSSR count). The molecular formula is C28H32N6O2S. The van der Waals surface area contributed by atoms with E-state index in [2.05, 4.69) is 39.2 Å². The zero-order chi connectivity index (χ0) is 24.9. The Kier molecular flexibility index (Phi) is 5.85. The van der Waals surface area contributed by atoms with E-state index in [1.807, 2.05) is 11.1 Å². The summed E-state index contributed by atoms with van der Waals surface area (Å²) in [5.41, 5.74) is 6.11. The van der Waals surface area contributed by atoms with Crippen LogP contribution in [0.2, 0.25) is 0 Å². The zero-order valence-electron chi connectivity index (χ0n) is 21.2. The first-order chi connectivity index (χ1) is 18.2. The molecule has 2 aromatic heterocycles. The van der Waals surface area contributed by atoms with Gasteiger partial charge in [-0.2, -0.15) is 0 Å². The van der Waals surface area contributed by atoms with Crippen LogP contribution in [0.4, 0.5) is 17.2 Å². The normalized spacial score (nSPS) is 22.9. The number of rotatable bonds is 4. The fourth-order valence-electron chi connectivity index (χ4n) is 6.30. The summed E-state index contributed by atoms with van der Waals surface area (Å²) < 4.78 is 5.55. The minimum Gasteiger partial charge on any atom is -0.377 e. The van der Waals surface area contributed by atoms with Gasteiger partial charge in [-0.3, -0.25) is 9.79 Å². The van der Waals surface area contributed by atoms with Gasteiger partial charge in [-0.15, -0.1) is 11.3 Å². The Bertz CT molecular complexity index is 1400. The van der Waals surface area contributed by atoms with Crippen LogP contribution in [0, 0.1) is 5.92 Å². The van der Waals surface area contributed by atoms with Gasteiger partial charge < -0.3 is 19.9 Å². The Hall–Kier alpha value is -3.04. The van der Waals surface area contributed by atoms with Gasteiger partial charge in [0.15, 0.2) is 0 Å². The molecule has 0 bridgehead atoms. The standard InChI is InChI=1S/C28H32N6O2S/c1-17-15-36-9-8-34(17)28(35)18-4-5-21-24(12-18)37-27-25(21)26(30-16-31-27)32-22-10-19-13-29-14-20(19)11-23(22)33-6-2-3-7-33/h10-11,13,16-18H,2-9,12,14-15H2,1H3,(H,30,31,32)/t17-,18+/m1/s1. The van der Waals surface area contributed by atoms with Crippen LogP contribution in [0.25, 0.3) is 10.2 Å². The van der Waals surface area contributed by atoms with E-state index >= 15 is 0 Å². The van der Waals surface area contributed by atoms with Crippen molar-refractivity contribution in [2.24, 2.45) is 10.9 Å². The predicted octanol–water partition coefficient (Wildman–Crippen LogP) is 4.32. The molecule has 5 heterocycles. The van der Waals surface area contributed by atoms with Crippen LogP contribution >= 0.6 is 11.3 Å². The number of aryl methyl sites for hydroxylation is 1. The number of morpholine rings is 1. The monoisotopic (exact) mass is 516 g/mol. The van der Waals surface area contributed by atoms with Gasteiger partial charge in [0.05, 0.1) is 42.6 Å². The SMILES string of the molecule is C[C@@H]1COCCN1C(=O)[C@H]1CCc2c(sc3ncnc(Nc4cc5c(cc4N4CCCC4)CN=C5)c23)C1. The van der Waals surface area contributed by atoms with Crippen molar-refractivity contribution in [3.8, 4) is 0 Å². The number of hydrogen-bond acceptors (Lipinski definition) is 8. The quantitative estimate of drug-likeness (QED) is 0.556. The first kappa shape index (κ1) is 23.1. The predicted molar refractivity (Wildman–Crippen MR) is 147 cm³/mol. The third kappa shape index (κ3) is 4.08. The molecule has 0 spiro atoms. The summed E-state index contributed by atoms with van der Waals surface area (Å²) in [4.78, 5) is 34.0. The Labute approximate surface area is 220 Å². The minimum atomic E-state index is 0.0308. The average molecular weight is 517 g/mol. The topological polar surface area (TPSA) is 82.9 Å². The van der Waals surface area contributed by atoms with Crippen molar-refractivity contribution in [3.63, 3.8) is 0 Å². The largest absolute Gasteiger partial charge is 0.377 e. The van der Waals surface area contributed by atoms with E-state index in [0.717, 1.165) is 60.6 Å². The molecule has 9 heteroatoms. The van der Waals surface area contributed by atoms with Crippen LogP contribution in [0.1, 0.15) is 47.8 Å². The molecule has 3 aliphatic heterocycles. The van der Waals surface area contributed by atoms with Crippen LogP contribution in [0.5, 0.6) is 0 Å². The number of thiophene rings is 1. The number of hydrogen-bond donors (Lipinski definition) is 1. The van der Waals surface area contributed by atoms with Gasteiger partial charge in [0.2, 0.25) is 5.91 Å². The Morgan fingerprint density at radius 2 is 2.08 bits per heavy atom. The van der Waals surface area contributed by atoms with E-state index in [1.165, 1.54) is 40.1 Å². The number of nitrogens with one attached hydrogen (secondary N) is 1. The summed E-state index contributed by atoms with van der Waals surface area (Å²) in [7, 11) is 0. The van der Waals surface area contributed by atoms with Gasteiger partial charge in [0.1, 0.15) is 17.0 Å². The number of aliphatic imine (C=N–C) groups is 1. The Morgan fingerprint density at radius 1 is 1.19 bits per heavy atom. The molecule has 2 fully saturated rings. The summed E-state index contributed by atoms with van der Waals surface area (Å²) in [5.74, 6) is 1.17. The van der Waals surface area contributed by atoms with Gasteiger partial charge in [0, 0.05) is 36.6 Å². The highest BCUT2D eigenvalue weighted by Gasteiger charge is 2.34. The Morgan fingerprint density at radius 3 is 2.95 bits per heavy atom. The van der Waals surface area contributed by atoms with E-state index in [4.69, 9.17) is 9.72 Å². The molecular weight excluding hydrogens is 484 g/mol. The number of anilines is 3. The van der Waals surface area contributed by atoms with E-state index in [-0.39, 0.29) is 17.9 Å². The van der Waals surface area contributed by atoms with Crippen molar-refractivity contribution in [1.29, 1.82) is 0 Å². The molecule has 192 valence electrons. The fourth-order valence-corrected chi connectivity index (χ4v) is 7.57. The smallest absolute Gasteiger partial charge is 0.226 e. The lowest BCUT2D eigenvalue weighted by atomic mass is 9.86. The van der Waals surface area contributed by atoms with Gasteiger partial charge in [0.25, 0.3) is 0 Å². The highest BCUT2D eigenvalue weighted by atomic mass is 32.1. The number of nitrogens with zero attached hydrogens (tertiary/aromatic N) is 5. The maximum absolute atomic E-state index is 13.4. The van der Waals surface area contributed by atoms with Crippen LogP contribution in [-0.2, 0) is 28.9 Å². The summed E-state index contributed by atoms with van der Waals surface area (Å²) in [5, 5.41) is 4.83. The lowest BCUT2D eigenvalue weighted by Crippen LogP contribution is -2.50. The van der Waals surface area contributed by atoms with Crippen molar-refractivity contribution >= 4 is 50.9 Å². The minimum absolute atomic E-state index is 0.0308. The van der Waals surface area contributed by atoms with Crippen molar-refractivity contribution in [2.75, 3.05) is 43.1 Å². The summed E-state index contributed by atoms with van der Waals surface area (Å²) in [6.45, 7) is 6.97. The van der Waals surface area contributed by atoms with E-state index in [0.29, 0.717) is 19.8 Å². The molecule has 3 aromatic rings. The molecule has 8 nitrogen and oxygen atoms in total. The van der Waals surface area contributed by atoms with Crippen LogP contribution in [0.3, 0.4) is 0 Å². The fraction of sp³-hybridized carbons (Fsp3) is 0.500. The van der Waals surface area contributed by atoms with E-state index < -0.39 is 0 Å². The summed E-state index contributed by atoms with van der Waals surface area (Å²) in [6.07, 6.45) is 8.62. The number of ether oxygens (including phenoxy) is 1. The Balaban J connectivity index is 1.21. The van der Waals surface area contributed by atoms with Gasteiger partial charge >= 0.3 is 0 Å². The molecule has 1 amide bonds. The molecule has 2 atom stereocenters. The first-order valence-corrected chi connectivity index (χ1v) is 14.3. The molecule has 0 saturated carbocycles. The molecule has 1 N–H and O–H groups in total. The second kappa shape index (κ2) is 9.36. The number of aromatic nitrogens is 2. The maximum Gasteiger partial charge on any atom is 0.226 e. The summed E-state index contributed by atoms with van der Waals surface area (Å²) in [6, 6.07) is 4.68.